The second kappa shape index (κ2) is 7.16. The Kier molecular flexibility index (Phi) is 5.84. The molecular formula is C15H29NOS. The van der Waals surface area contributed by atoms with E-state index in [0.29, 0.717) is 5.41 Å². The van der Waals surface area contributed by atoms with Crippen LogP contribution >= 0.6 is 12.6 Å². The van der Waals surface area contributed by atoms with E-state index >= 15 is 0 Å². The highest BCUT2D eigenvalue weighted by Crippen LogP contribution is 2.39. The molecule has 106 valence electrons. The van der Waals surface area contributed by atoms with Crippen molar-refractivity contribution in [1.82, 2.24) is 4.90 Å². The van der Waals surface area contributed by atoms with Gasteiger partial charge in [-0.25, -0.2) is 0 Å². The van der Waals surface area contributed by atoms with Crippen molar-refractivity contribution in [3.8, 4) is 0 Å². The summed E-state index contributed by atoms with van der Waals surface area (Å²) in [6, 6.07) is 0.847. The lowest BCUT2D eigenvalue weighted by Gasteiger charge is -2.37. The van der Waals surface area contributed by atoms with Crippen molar-refractivity contribution in [1.29, 1.82) is 0 Å². The molecule has 2 rings (SSSR count). The van der Waals surface area contributed by atoms with E-state index in [1.807, 2.05) is 7.11 Å². The molecule has 0 aliphatic heterocycles. The highest BCUT2D eigenvalue weighted by molar-refractivity contribution is 7.80. The van der Waals surface area contributed by atoms with E-state index in [0.717, 1.165) is 24.9 Å². The summed E-state index contributed by atoms with van der Waals surface area (Å²) in [7, 11) is 1.81. The van der Waals surface area contributed by atoms with Gasteiger partial charge in [0.15, 0.2) is 0 Å². The van der Waals surface area contributed by atoms with Crippen LogP contribution in [-0.4, -0.2) is 43.5 Å². The molecule has 0 atom stereocenters. The molecule has 0 aromatic heterocycles. The molecule has 0 bridgehead atoms. The standard InChI is InChI=1S/C15H29NOS/c1-17-11-10-16(14-6-7-14)12-15(13-18)8-4-2-3-5-9-15/h14,18H,2-13H2,1H3. The number of hydrogen-bond donors (Lipinski definition) is 1. The van der Waals surface area contributed by atoms with Crippen LogP contribution in [-0.2, 0) is 4.74 Å². The summed E-state index contributed by atoms with van der Waals surface area (Å²) < 4.78 is 5.27. The monoisotopic (exact) mass is 271 g/mol. The first-order chi connectivity index (χ1) is 8.79. The van der Waals surface area contributed by atoms with E-state index < -0.39 is 0 Å². The van der Waals surface area contributed by atoms with E-state index in [-0.39, 0.29) is 0 Å². The maximum absolute atomic E-state index is 5.27. The van der Waals surface area contributed by atoms with E-state index in [2.05, 4.69) is 4.90 Å². The van der Waals surface area contributed by atoms with Crippen LogP contribution < -0.4 is 0 Å². The van der Waals surface area contributed by atoms with E-state index in [1.54, 1.807) is 0 Å². The third kappa shape index (κ3) is 4.14. The molecule has 0 aromatic rings. The number of hydrogen-bond acceptors (Lipinski definition) is 3. The molecule has 0 aromatic carbocycles. The molecule has 18 heavy (non-hydrogen) atoms. The third-order valence-electron chi connectivity index (χ3n) is 4.68. The first-order valence-electron chi connectivity index (χ1n) is 7.63. The molecule has 2 saturated carbocycles. The van der Waals surface area contributed by atoms with E-state index in [4.69, 9.17) is 17.4 Å². The molecule has 2 fully saturated rings. The van der Waals surface area contributed by atoms with Crippen molar-refractivity contribution in [3.05, 3.63) is 0 Å². The maximum atomic E-state index is 5.27. The molecule has 0 spiro atoms. The summed E-state index contributed by atoms with van der Waals surface area (Å²) in [6.45, 7) is 3.24. The SMILES string of the molecule is COCCN(CC1(CS)CCCCCC1)C1CC1. The Hall–Kier alpha value is 0.270. The van der Waals surface area contributed by atoms with Gasteiger partial charge in [0.1, 0.15) is 0 Å². The molecule has 0 N–H and O–H groups in total. The average molecular weight is 271 g/mol. The number of ether oxygens (including phenoxy) is 1. The van der Waals surface area contributed by atoms with Crippen molar-refractivity contribution in [2.24, 2.45) is 5.41 Å². The van der Waals surface area contributed by atoms with Crippen molar-refractivity contribution in [3.63, 3.8) is 0 Å². The predicted molar refractivity (Wildman–Crippen MR) is 80.5 cm³/mol. The van der Waals surface area contributed by atoms with Crippen LogP contribution in [0.1, 0.15) is 51.4 Å². The predicted octanol–water partition coefficient (Wildman–Crippen LogP) is 3.37. The summed E-state index contributed by atoms with van der Waals surface area (Å²) in [5.74, 6) is 1.06. The van der Waals surface area contributed by atoms with Gasteiger partial charge in [0.2, 0.25) is 0 Å². The molecule has 0 saturated heterocycles. The van der Waals surface area contributed by atoms with Gasteiger partial charge in [0, 0.05) is 26.2 Å². The zero-order valence-corrected chi connectivity index (χ0v) is 12.8. The topological polar surface area (TPSA) is 12.5 Å². The summed E-state index contributed by atoms with van der Waals surface area (Å²) in [4.78, 5) is 2.69. The van der Waals surface area contributed by atoms with Gasteiger partial charge in [-0.2, -0.15) is 12.6 Å². The van der Waals surface area contributed by atoms with Crippen molar-refractivity contribution in [2.75, 3.05) is 32.6 Å². The number of nitrogens with zero attached hydrogens (tertiary/aromatic N) is 1. The van der Waals surface area contributed by atoms with Gasteiger partial charge in [-0.3, -0.25) is 4.90 Å². The normalized spacial score (nSPS) is 24.2. The lowest BCUT2D eigenvalue weighted by Crippen LogP contribution is -2.41. The van der Waals surface area contributed by atoms with Gasteiger partial charge < -0.3 is 4.74 Å². The first kappa shape index (κ1) is 14.7. The summed E-state index contributed by atoms with van der Waals surface area (Å²) in [5.41, 5.74) is 0.482. The lowest BCUT2D eigenvalue weighted by atomic mass is 9.81. The smallest absolute Gasteiger partial charge is 0.0589 e. The second-order valence-electron chi connectivity index (χ2n) is 6.27. The van der Waals surface area contributed by atoms with E-state index in [9.17, 15) is 0 Å². The number of methoxy groups -OCH3 is 1. The molecule has 2 aliphatic rings. The summed E-state index contributed by atoms with van der Waals surface area (Å²) in [6.07, 6.45) is 11.2. The Bertz CT molecular complexity index is 235. The van der Waals surface area contributed by atoms with Crippen LogP contribution in [0.15, 0.2) is 0 Å². The summed E-state index contributed by atoms with van der Waals surface area (Å²) >= 11 is 4.69. The first-order valence-corrected chi connectivity index (χ1v) is 8.27. The Morgan fingerprint density at radius 2 is 1.83 bits per heavy atom. The molecule has 2 aliphatic carbocycles. The van der Waals surface area contributed by atoms with Crippen molar-refractivity contribution >= 4 is 12.6 Å². The molecule has 0 amide bonds. The van der Waals surface area contributed by atoms with Gasteiger partial charge in [-0.15, -0.1) is 0 Å². The zero-order valence-electron chi connectivity index (χ0n) is 11.9. The van der Waals surface area contributed by atoms with Gasteiger partial charge in [0.05, 0.1) is 6.61 Å². The summed E-state index contributed by atoms with van der Waals surface area (Å²) in [5, 5.41) is 0. The Morgan fingerprint density at radius 1 is 1.17 bits per heavy atom. The number of thiol groups is 1. The van der Waals surface area contributed by atoms with Crippen LogP contribution in [0.25, 0.3) is 0 Å². The minimum absolute atomic E-state index is 0.482. The molecule has 3 heteroatoms. The molecule has 0 radical (unpaired) electrons. The van der Waals surface area contributed by atoms with Crippen LogP contribution in [0.5, 0.6) is 0 Å². The van der Waals surface area contributed by atoms with Gasteiger partial charge >= 0.3 is 0 Å². The van der Waals surface area contributed by atoms with Crippen LogP contribution in [0.4, 0.5) is 0 Å². The molecule has 0 heterocycles. The third-order valence-corrected chi connectivity index (χ3v) is 5.35. The fourth-order valence-electron chi connectivity index (χ4n) is 3.31. The lowest BCUT2D eigenvalue weighted by molar-refractivity contribution is 0.101. The Labute approximate surface area is 118 Å². The highest BCUT2D eigenvalue weighted by atomic mass is 32.1. The maximum Gasteiger partial charge on any atom is 0.0589 e. The van der Waals surface area contributed by atoms with Crippen molar-refractivity contribution < 1.29 is 4.74 Å². The zero-order chi connectivity index (χ0) is 12.8. The van der Waals surface area contributed by atoms with E-state index in [1.165, 1.54) is 57.9 Å². The fourth-order valence-corrected chi connectivity index (χ4v) is 3.73. The van der Waals surface area contributed by atoms with Gasteiger partial charge in [-0.1, -0.05) is 25.7 Å². The average Bonchev–Trinajstić information content (AvgIpc) is 3.21. The van der Waals surface area contributed by atoms with Crippen LogP contribution in [0.2, 0.25) is 0 Å². The molecule has 2 nitrogen and oxygen atoms in total. The van der Waals surface area contributed by atoms with Crippen LogP contribution in [0.3, 0.4) is 0 Å². The minimum Gasteiger partial charge on any atom is -0.383 e. The quantitative estimate of drug-likeness (QED) is 0.563. The van der Waals surface area contributed by atoms with Gasteiger partial charge in [0.25, 0.3) is 0 Å². The van der Waals surface area contributed by atoms with Crippen LogP contribution in [0, 0.1) is 5.41 Å². The fraction of sp³-hybridized carbons (Fsp3) is 1.00. The minimum atomic E-state index is 0.482. The highest BCUT2D eigenvalue weighted by Gasteiger charge is 2.36. The van der Waals surface area contributed by atoms with Gasteiger partial charge in [-0.05, 0) is 36.9 Å². The largest absolute Gasteiger partial charge is 0.383 e. The van der Waals surface area contributed by atoms with Crippen molar-refractivity contribution in [2.45, 2.75) is 57.4 Å². The number of rotatable bonds is 7. The Morgan fingerprint density at radius 3 is 2.33 bits per heavy atom. The molecular weight excluding hydrogens is 242 g/mol. The Balaban J connectivity index is 1.92. The molecule has 0 unspecified atom stereocenters. The second-order valence-corrected chi connectivity index (χ2v) is 6.58.